The molecule has 2 saturated heterocycles. The van der Waals surface area contributed by atoms with Gasteiger partial charge in [0.1, 0.15) is 24.4 Å². The zero-order chi connectivity index (χ0) is 17.2. The van der Waals surface area contributed by atoms with Crippen LogP contribution in [0.4, 0.5) is 0 Å². The van der Waals surface area contributed by atoms with E-state index in [1.54, 1.807) is 0 Å². The van der Waals surface area contributed by atoms with Gasteiger partial charge in [0.05, 0.1) is 18.1 Å². The van der Waals surface area contributed by atoms with E-state index in [0.29, 0.717) is 6.61 Å². The smallest absolute Gasteiger partial charge is 0.194 e. The fourth-order valence-electron chi connectivity index (χ4n) is 3.12. The highest BCUT2D eigenvalue weighted by atomic mass is 32.1. The van der Waals surface area contributed by atoms with E-state index in [1.807, 2.05) is 47.8 Å². The molecule has 2 fully saturated rings. The largest absolute Gasteiger partial charge is 0.394 e. The van der Waals surface area contributed by atoms with Crippen molar-refractivity contribution >= 4 is 11.3 Å². The molecule has 0 amide bonds. The van der Waals surface area contributed by atoms with Gasteiger partial charge in [0.25, 0.3) is 0 Å². The Morgan fingerprint density at radius 2 is 1.88 bits per heavy atom. The van der Waals surface area contributed by atoms with Gasteiger partial charge in [-0.25, -0.2) is 0 Å². The third-order valence-corrected chi connectivity index (χ3v) is 5.27. The maximum atomic E-state index is 10.2. The number of hydrogen-bond acceptors (Lipinski definition) is 7. The molecule has 0 aliphatic carbocycles. The molecule has 0 bridgehead atoms. The Labute approximate surface area is 149 Å². The lowest BCUT2D eigenvalue weighted by atomic mass is 10.00. The average molecular weight is 364 g/mol. The van der Waals surface area contributed by atoms with E-state index in [0.717, 1.165) is 10.4 Å². The van der Waals surface area contributed by atoms with Crippen molar-refractivity contribution in [1.82, 2.24) is 0 Å². The first kappa shape index (κ1) is 17.1. The van der Waals surface area contributed by atoms with E-state index in [1.165, 1.54) is 11.3 Å². The van der Waals surface area contributed by atoms with Crippen LogP contribution in [0.1, 0.15) is 23.0 Å². The number of benzene rings is 1. The van der Waals surface area contributed by atoms with Gasteiger partial charge in [0.15, 0.2) is 12.6 Å². The van der Waals surface area contributed by atoms with Gasteiger partial charge in [-0.1, -0.05) is 36.4 Å². The molecule has 2 aliphatic rings. The van der Waals surface area contributed by atoms with Crippen molar-refractivity contribution in [1.29, 1.82) is 0 Å². The molecule has 0 spiro atoms. The minimum absolute atomic E-state index is 0.324. The van der Waals surface area contributed by atoms with Crippen molar-refractivity contribution < 1.29 is 29.2 Å². The molecular weight excluding hydrogens is 344 g/mol. The van der Waals surface area contributed by atoms with E-state index in [-0.39, 0.29) is 6.10 Å². The highest BCUT2D eigenvalue weighted by molar-refractivity contribution is 7.10. The topological polar surface area (TPSA) is 77.4 Å². The van der Waals surface area contributed by atoms with Crippen LogP contribution in [-0.4, -0.2) is 47.8 Å². The SMILES string of the molecule is OC[C@@H](O)[C@H]1OC(c2cccs2)O[C@H]2COC(c3ccccc3)O[C@@H]12. The van der Waals surface area contributed by atoms with Crippen LogP contribution in [0.15, 0.2) is 47.8 Å². The first-order valence-corrected chi connectivity index (χ1v) is 9.09. The molecule has 2 N–H and O–H groups in total. The summed E-state index contributed by atoms with van der Waals surface area (Å²) in [5.74, 6) is 0. The van der Waals surface area contributed by atoms with Gasteiger partial charge in [-0.3, -0.25) is 0 Å². The summed E-state index contributed by atoms with van der Waals surface area (Å²) in [5, 5.41) is 21.6. The maximum absolute atomic E-state index is 10.2. The second-order valence-corrected chi connectivity index (χ2v) is 7.03. The maximum Gasteiger partial charge on any atom is 0.194 e. The Morgan fingerprint density at radius 1 is 1.04 bits per heavy atom. The summed E-state index contributed by atoms with van der Waals surface area (Å²) in [5.41, 5.74) is 0.888. The minimum atomic E-state index is -1.06. The number of fused-ring (bicyclic) bond motifs is 1. The Morgan fingerprint density at radius 3 is 2.60 bits per heavy atom. The molecule has 3 heterocycles. The molecule has 6 atom stereocenters. The molecule has 0 saturated carbocycles. The molecule has 134 valence electrons. The second kappa shape index (κ2) is 7.51. The van der Waals surface area contributed by atoms with Gasteiger partial charge in [0.2, 0.25) is 0 Å². The molecule has 2 aliphatic heterocycles. The molecule has 1 aromatic heterocycles. The van der Waals surface area contributed by atoms with Gasteiger partial charge >= 0.3 is 0 Å². The van der Waals surface area contributed by atoms with Crippen LogP contribution in [0.5, 0.6) is 0 Å². The fraction of sp³-hybridized carbons (Fsp3) is 0.444. The zero-order valence-electron chi connectivity index (χ0n) is 13.4. The van der Waals surface area contributed by atoms with Crippen LogP contribution in [0, 0.1) is 0 Å². The van der Waals surface area contributed by atoms with E-state index >= 15 is 0 Å². The van der Waals surface area contributed by atoms with Gasteiger partial charge < -0.3 is 29.2 Å². The Hall–Kier alpha value is -1.32. The number of hydrogen-bond donors (Lipinski definition) is 2. The molecule has 6 nitrogen and oxygen atoms in total. The fourth-order valence-corrected chi connectivity index (χ4v) is 3.82. The Kier molecular flexibility index (Phi) is 5.14. The second-order valence-electron chi connectivity index (χ2n) is 6.05. The third-order valence-electron chi connectivity index (χ3n) is 4.38. The normalized spacial score (nSPS) is 33.6. The summed E-state index contributed by atoms with van der Waals surface area (Å²) in [6, 6.07) is 13.4. The summed E-state index contributed by atoms with van der Waals surface area (Å²) in [7, 11) is 0. The minimum Gasteiger partial charge on any atom is -0.394 e. The average Bonchev–Trinajstić information content (AvgIpc) is 3.21. The number of aliphatic hydroxyl groups is 2. The number of thiophene rings is 1. The zero-order valence-corrected chi connectivity index (χ0v) is 14.2. The van der Waals surface area contributed by atoms with Crippen molar-refractivity contribution in [2.75, 3.05) is 13.2 Å². The standard InChI is InChI=1S/C18H20O6S/c19-9-12(20)15-16-13(22-18(23-15)14-7-4-8-25-14)10-21-17(24-16)11-5-2-1-3-6-11/h1-8,12-13,15-20H,9-10H2/t12-,13+,15-,16-,17?,18?/m1/s1. The molecule has 7 heteroatoms. The van der Waals surface area contributed by atoms with Crippen LogP contribution in [0.2, 0.25) is 0 Å². The molecule has 4 rings (SSSR count). The van der Waals surface area contributed by atoms with Gasteiger partial charge in [-0.2, -0.15) is 0 Å². The first-order chi connectivity index (χ1) is 12.3. The lowest BCUT2D eigenvalue weighted by molar-refractivity contribution is -0.373. The van der Waals surface area contributed by atoms with Gasteiger partial charge in [-0.15, -0.1) is 11.3 Å². The molecule has 0 radical (unpaired) electrons. The highest BCUT2D eigenvalue weighted by Gasteiger charge is 2.48. The molecule has 1 aromatic carbocycles. The lowest BCUT2D eigenvalue weighted by Gasteiger charge is -2.46. The quantitative estimate of drug-likeness (QED) is 0.864. The van der Waals surface area contributed by atoms with Crippen LogP contribution in [0.25, 0.3) is 0 Å². The summed E-state index contributed by atoms with van der Waals surface area (Å²) >= 11 is 1.51. The predicted octanol–water partition coefficient (Wildman–Crippen LogP) is 2.00. The molecule has 2 unspecified atom stereocenters. The van der Waals surface area contributed by atoms with Crippen LogP contribution < -0.4 is 0 Å². The summed E-state index contributed by atoms with van der Waals surface area (Å²) in [6.45, 7) is -0.0879. The molecule has 2 aromatic rings. The van der Waals surface area contributed by atoms with Crippen LogP contribution in [0.3, 0.4) is 0 Å². The van der Waals surface area contributed by atoms with Crippen molar-refractivity contribution in [3.8, 4) is 0 Å². The van der Waals surface area contributed by atoms with Crippen molar-refractivity contribution in [3.05, 3.63) is 58.3 Å². The van der Waals surface area contributed by atoms with Crippen LogP contribution >= 0.6 is 11.3 Å². The summed E-state index contributed by atoms with van der Waals surface area (Å²) in [4.78, 5) is 0.902. The first-order valence-electron chi connectivity index (χ1n) is 8.21. The Bertz CT molecular complexity index is 663. The van der Waals surface area contributed by atoms with E-state index in [9.17, 15) is 10.2 Å². The lowest BCUT2D eigenvalue weighted by Crippen LogP contribution is -2.58. The van der Waals surface area contributed by atoms with Gasteiger partial charge in [-0.05, 0) is 11.4 Å². The van der Waals surface area contributed by atoms with Crippen molar-refractivity contribution in [2.45, 2.75) is 37.0 Å². The van der Waals surface area contributed by atoms with Crippen molar-refractivity contribution in [3.63, 3.8) is 0 Å². The van der Waals surface area contributed by atoms with E-state index in [4.69, 9.17) is 18.9 Å². The van der Waals surface area contributed by atoms with E-state index < -0.39 is 37.5 Å². The molecule has 25 heavy (non-hydrogen) atoms. The van der Waals surface area contributed by atoms with Crippen LogP contribution in [-0.2, 0) is 18.9 Å². The van der Waals surface area contributed by atoms with Crippen molar-refractivity contribution in [2.24, 2.45) is 0 Å². The van der Waals surface area contributed by atoms with Gasteiger partial charge in [0, 0.05) is 5.56 Å². The number of aliphatic hydroxyl groups excluding tert-OH is 2. The summed E-state index contributed by atoms with van der Waals surface area (Å²) in [6.07, 6.45) is -3.84. The monoisotopic (exact) mass is 364 g/mol. The third kappa shape index (κ3) is 3.50. The molecular formula is C18H20O6S. The number of rotatable bonds is 4. The van der Waals surface area contributed by atoms with E-state index in [2.05, 4.69) is 0 Å². The predicted molar refractivity (Wildman–Crippen MR) is 89.9 cm³/mol. The summed E-state index contributed by atoms with van der Waals surface area (Å²) < 4.78 is 23.8. The Balaban J connectivity index is 1.55. The number of ether oxygens (including phenoxy) is 4. The highest BCUT2D eigenvalue weighted by Crippen LogP contribution is 2.39.